The van der Waals surface area contributed by atoms with Crippen LogP contribution in [0.3, 0.4) is 0 Å². The molecule has 0 radical (unpaired) electrons. The average molecular weight is 259 g/mol. The zero-order valence-electron chi connectivity index (χ0n) is 10.9. The maximum Gasteiger partial charge on any atom is 0.338 e. The fraction of sp³-hybridized carbons (Fsp3) is 0.500. The molecule has 0 bridgehead atoms. The number of aromatic nitrogens is 3. The van der Waals surface area contributed by atoms with Gasteiger partial charge >= 0.3 is 5.97 Å². The van der Waals surface area contributed by atoms with Crippen LogP contribution in [0.1, 0.15) is 49.0 Å². The van der Waals surface area contributed by atoms with Gasteiger partial charge in [0.1, 0.15) is 5.52 Å². The quantitative estimate of drug-likeness (QED) is 0.920. The summed E-state index contributed by atoms with van der Waals surface area (Å²) in [6, 6.07) is 5.50. The second kappa shape index (κ2) is 4.64. The highest BCUT2D eigenvalue weighted by atomic mass is 16.4. The van der Waals surface area contributed by atoms with Gasteiger partial charge in [0.2, 0.25) is 0 Å². The van der Waals surface area contributed by atoms with E-state index in [4.69, 9.17) is 5.11 Å². The summed E-state index contributed by atoms with van der Waals surface area (Å²) in [7, 11) is 0. The lowest BCUT2D eigenvalue weighted by atomic mass is 10.00. The summed E-state index contributed by atoms with van der Waals surface area (Å²) < 4.78 is 1.89. The van der Waals surface area contributed by atoms with Crippen molar-refractivity contribution in [3.05, 3.63) is 23.8 Å². The van der Waals surface area contributed by atoms with Crippen LogP contribution in [0.5, 0.6) is 0 Å². The van der Waals surface area contributed by atoms with E-state index >= 15 is 0 Å². The van der Waals surface area contributed by atoms with Crippen LogP contribution in [0.25, 0.3) is 11.0 Å². The molecule has 0 amide bonds. The van der Waals surface area contributed by atoms with Gasteiger partial charge in [-0.3, -0.25) is 0 Å². The molecule has 0 saturated heterocycles. The Balaban J connectivity index is 2.05. The van der Waals surface area contributed by atoms with Crippen LogP contribution in [0.4, 0.5) is 0 Å². The summed E-state index contributed by atoms with van der Waals surface area (Å²) in [6.07, 6.45) is 5.01. The lowest BCUT2D eigenvalue weighted by molar-refractivity contribution is 0.0699. The zero-order chi connectivity index (χ0) is 13.4. The predicted octanol–water partition coefficient (Wildman–Crippen LogP) is 2.88. The van der Waals surface area contributed by atoms with Crippen LogP contribution in [0, 0.1) is 5.92 Å². The number of hydrogen-bond acceptors (Lipinski definition) is 3. The highest BCUT2D eigenvalue weighted by Crippen LogP contribution is 2.35. The highest BCUT2D eigenvalue weighted by molar-refractivity contribution is 6.00. The lowest BCUT2D eigenvalue weighted by Crippen LogP contribution is -2.15. The zero-order valence-corrected chi connectivity index (χ0v) is 10.9. The fourth-order valence-electron chi connectivity index (χ4n) is 3.08. The van der Waals surface area contributed by atoms with Gasteiger partial charge < -0.3 is 5.11 Å². The Morgan fingerprint density at radius 2 is 2.16 bits per heavy atom. The monoisotopic (exact) mass is 259 g/mol. The smallest absolute Gasteiger partial charge is 0.338 e. The molecule has 1 unspecified atom stereocenters. The van der Waals surface area contributed by atoms with Crippen molar-refractivity contribution >= 4 is 17.0 Å². The Morgan fingerprint density at radius 1 is 1.42 bits per heavy atom. The van der Waals surface area contributed by atoms with E-state index in [-0.39, 0.29) is 11.6 Å². The molecule has 1 fully saturated rings. The molecule has 0 aliphatic heterocycles. The molecular weight excluding hydrogens is 242 g/mol. The van der Waals surface area contributed by atoms with E-state index in [9.17, 15) is 4.79 Å². The van der Waals surface area contributed by atoms with Crippen LogP contribution < -0.4 is 0 Å². The van der Waals surface area contributed by atoms with Gasteiger partial charge in [0.25, 0.3) is 0 Å². The van der Waals surface area contributed by atoms with Crippen molar-refractivity contribution in [2.75, 3.05) is 0 Å². The van der Waals surface area contributed by atoms with Gasteiger partial charge in [-0.15, -0.1) is 5.10 Å². The standard InChI is InChI=1S/C14H17N3O2/c1-9(10-5-2-3-6-10)17-12-8-4-7-11(14(18)19)13(12)15-16-17/h4,7-10H,2-3,5-6H2,1H3,(H,18,19). The summed E-state index contributed by atoms with van der Waals surface area (Å²) in [5.41, 5.74) is 1.53. The van der Waals surface area contributed by atoms with Crippen LogP contribution >= 0.6 is 0 Å². The minimum absolute atomic E-state index is 0.224. The third-order valence-corrected chi connectivity index (χ3v) is 4.20. The number of carbonyl (C=O) groups is 1. The average Bonchev–Trinajstić information content (AvgIpc) is 3.06. The van der Waals surface area contributed by atoms with Crippen molar-refractivity contribution in [1.29, 1.82) is 0 Å². The number of fused-ring (bicyclic) bond motifs is 1. The summed E-state index contributed by atoms with van der Waals surface area (Å²) in [6.45, 7) is 2.15. The largest absolute Gasteiger partial charge is 0.478 e. The van der Waals surface area contributed by atoms with Gasteiger partial charge in [-0.05, 0) is 37.8 Å². The number of nitrogens with zero attached hydrogens (tertiary/aromatic N) is 3. The normalized spacial score (nSPS) is 17.9. The van der Waals surface area contributed by atoms with Crippen molar-refractivity contribution in [1.82, 2.24) is 15.0 Å². The summed E-state index contributed by atoms with van der Waals surface area (Å²) in [4.78, 5) is 11.2. The van der Waals surface area contributed by atoms with Gasteiger partial charge in [0.05, 0.1) is 17.1 Å². The van der Waals surface area contributed by atoms with Crippen molar-refractivity contribution < 1.29 is 9.90 Å². The molecule has 5 nitrogen and oxygen atoms in total. The molecule has 100 valence electrons. The third-order valence-electron chi connectivity index (χ3n) is 4.20. The number of carboxylic acid groups (broad SMARTS) is 1. The van der Waals surface area contributed by atoms with Crippen LogP contribution in [-0.4, -0.2) is 26.1 Å². The second-order valence-corrected chi connectivity index (χ2v) is 5.30. The fourth-order valence-corrected chi connectivity index (χ4v) is 3.08. The Labute approximate surface area is 111 Å². The number of benzene rings is 1. The van der Waals surface area contributed by atoms with Crippen molar-refractivity contribution in [2.24, 2.45) is 5.92 Å². The topological polar surface area (TPSA) is 68.0 Å². The van der Waals surface area contributed by atoms with Gasteiger partial charge in [-0.1, -0.05) is 24.1 Å². The van der Waals surface area contributed by atoms with Crippen molar-refractivity contribution in [3.8, 4) is 0 Å². The molecule has 1 heterocycles. The summed E-state index contributed by atoms with van der Waals surface area (Å²) in [5.74, 6) is -0.329. The second-order valence-electron chi connectivity index (χ2n) is 5.30. The molecule has 3 rings (SSSR count). The first-order valence-corrected chi connectivity index (χ1v) is 6.75. The van der Waals surface area contributed by atoms with Gasteiger partial charge in [-0.25, -0.2) is 9.48 Å². The molecule has 1 aliphatic rings. The number of aromatic carboxylic acids is 1. The van der Waals surface area contributed by atoms with Crippen molar-refractivity contribution in [2.45, 2.75) is 38.6 Å². The number of carboxylic acids is 1. The van der Waals surface area contributed by atoms with E-state index in [1.165, 1.54) is 25.7 Å². The minimum Gasteiger partial charge on any atom is -0.478 e. The molecule has 1 aliphatic carbocycles. The number of hydrogen-bond donors (Lipinski definition) is 1. The molecule has 1 saturated carbocycles. The Kier molecular flexibility index (Phi) is 2.97. The molecule has 19 heavy (non-hydrogen) atoms. The molecular formula is C14H17N3O2. The Morgan fingerprint density at radius 3 is 2.84 bits per heavy atom. The molecule has 1 N–H and O–H groups in total. The van der Waals surface area contributed by atoms with Crippen molar-refractivity contribution in [3.63, 3.8) is 0 Å². The van der Waals surface area contributed by atoms with E-state index in [2.05, 4.69) is 17.2 Å². The highest BCUT2D eigenvalue weighted by Gasteiger charge is 2.25. The summed E-state index contributed by atoms with van der Waals surface area (Å²) >= 11 is 0. The van der Waals surface area contributed by atoms with E-state index < -0.39 is 5.97 Å². The molecule has 1 aromatic carbocycles. The first kappa shape index (κ1) is 12.1. The van der Waals surface area contributed by atoms with Crippen LogP contribution in [-0.2, 0) is 0 Å². The van der Waals surface area contributed by atoms with Gasteiger partial charge in [0, 0.05) is 0 Å². The third kappa shape index (κ3) is 1.99. The Hall–Kier alpha value is -1.91. The molecule has 5 heteroatoms. The van der Waals surface area contributed by atoms with Gasteiger partial charge in [-0.2, -0.15) is 0 Å². The molecule has 1 aromatic heterocycles. The number of rotatable bonds is 3. The van der Waals surface area contributed by atoms with E-state index in [0.717, 1.165) is 5.52 Å². The predicted molar refractivity (Wildman–Crippen MR) is 71.2 cm³/mol. The Bertz CT molecular complexity index is 614. The molecule has 1 atom stereocenters. The molecule has 2 aromatic rings. The maximum atomic E-state index is 11.2. The summed E-state index contributed by atoms with van der Waals surface area (Å²) in [5, 5.41) is 17.4. The minimum atomic E-state index is -0.953. The lowest BCUT2D eigenvalue weighted by Gasteiger charge is -2.19. The first-order valence-electron chi connectivity index (χ1n) is 6.75. The molecule has 0 spiro atoms. The van der Waals surface area contributed by atoms with Crippen LogP contribution in [0.2, 0.25) is 0 Å². The van der Waals surface area contributed by atoms with Crippen LogP contribution in [0.15, 0.2) is 18.2 Å². The maximum absolute atomic E-state index is 11.2. The van der Waals surface area contributed by atoms with E-state index in [1.54, 1.807) is 12.1 Å². The van der Waals surface area contributed by atoms with Gasteiger partial charge in [0.15, 0.2) is 0 Å². The van der Waals surface area contributed by atoms with E-state index in [1.807, 2.05) is 10.7 Å². The van der Waals surface area contributed by atoms with E-state index in [0.29, 0.717) is 11.4 Å². The SMILES string of the molecule is CC(C1CCCC1)n1nnc2c(C(=O)O)cccc21. The first-order chi connectivity index (χ1) is 9.18.